The minimum atomic E-state index is -0.311. The summed E-state index contributed by atoms with van der Waals surface area (Å²) in [6.07, 6.45) is 3.03. The van der Waals surface area contributed by atoms with E-state index in [0.717, 1.165) is 30.8 Å². The summed E-state index contributed by atoms with van der Waals surface area (Å²) in [5, 5.41) is 3.58. The molecule has 3 aromatic rings. The molecular weight excluding hydrogens is 467 g/mol. The third kappa shape index (κ3) is 6.35. The van der Waals surface area contributed by atoms with Crippen molar-refractivity contribution in [2.24, 2.45) is 0 Å². The fourth-order valence-electron chi connectivity index (χ4n) is 5.49. The quantitative estimate of drug-likeness (QED) is 0.527. The topological polar surface area (TPSA) is 57.7 Å². The molecule has 7 heteroatoms. The average molecular weight is 503 g/mol. The molecule has 37 heavy (non-hydrogen) atoms. The van der Waals surface area contributed by atoms with Crippen molar-refractivity contribution in [3.05, 3.63) is 83.9 Å². The summed E-state index contributed by atoms with van der Waals surface area (Å²) >= 11 is 0. The van der Waals surface area contributed by atoms with Crippen molar-refractivity contribution in [3.8, 4) is 16.9 Å². The summed E-state index contributed by atoms with van der Waals surface area (Å²) in [4.78, 5) is 22.3. The van der Waals surface area contributed by atoms with Crippen LogP contribution < -0.4 is 10.1 Å². The fourth-order valence-corrected chi connectivity index (χ4v) is 5.49. The van der Waals surface area contributed by atoms with Crippen LogP contribution in [-0.4, -0.2) is 65.1 Å². The lowest BCUT2D eigenvalue weighted by Gasteiger charge is -2.36. The molecule has 1 amide bonds. The van der Waals surface area contributed by atoms with E-state index in [1.165, 1.54) is 17.7 Å². The van der Waals surface area contributed by atoms with Gasteiger partial charge in [-0.15, -0.1) is 0 Å². The predicted molar refractivity (Wildman–Crippen MR) is 143 cm³/mol. The second-order valence-corrected chi connectivity index (χ2v) is 10.3. The van der Waals surface area contributed by atoms with E-state index in [1.54, 1.807) is 18.3 Å². The Morgan fingerprint density at radius 3 is 2.46 bits per heavy atom. The Labute approximate surface area is 218 Å². The molecule has 0 saturated carbocycles. The molecule has 2 aliphatic rings. The Hall–Kier alpha value is -3.29. The maximum Gasteiger partial charge on any atom is 0.273 e. The molecule has 0 unspecified atom stereocenters. The van der Waals surface area contributed by atoms with Gasteiger partial charge in [0.25, 0.3) is 5.91 Å². The highest BCUT2D eigenvalue weighted by atomic mass is 19.1. The Morgan fingerprint density at radius 2 is 1.76 bits per heavy atom. The maximum atomic E-state index is 13.5. The number of benzene rings is 2. The zero-order valence-corrected chi connectivity index (χ0v) is 21.6. The summed E-state index contributed by atoms with van der Waals surface area (Å²) in [6, 6.07) is 19.5. The number of aromatic nitrogens is 1. The van der Waals surface area contributed by atoms with Crippen LogP contribution in [0.15, 0.2) is 66.9 Å². The number of hydrogen-bond acceptors (Lipinski definition) is 5. The highest BCUT2D eigenvalue weighted by Crippen LogP contribution is 2.26. The first-order chi connectivity index (χ1) is 17.9. The van der Waals surface area contributed by atoms with Gasteiger partial charge in [-0.1, -0.05) is 36.4 Å². The first-order valence-electron chi connectivity index (χ1n) is 13.2. The molecule has 5 rings (SSSR count). The van der Waals surface area contributed by atoms with E-state index >= 15 is 0 Å². The number of piperidine rings is 1. The van der Waals surface area contributed by atoms with Gasteiger partial charge in [-0.25, -0.2) is 4.39 Å². The smallest absolute Gasteiger partial charge is 0.273 e. The van der Waals surface area contributed by atoms with Gasteiger partial charge >= 0.3 is 0 Å². The van der Waals surface area contributed by atoms with Crippen molar-refractivity contribution < 1.29 is 13.9 Å². The monoisotopic (exact) mass is 502 g/mol. The highest BCUT2D eigenvalue weighted by molar-refractivity contribution is 5.99. The number of carbonyl (C=O) groups is 1. The summed E-state index contributed by atoms with van der Waals surface area (Å²) in [5.74, 6) is 0.155. The van der Waals surface area contributed by atoms with Crippen LogP contribution in [0, 0.1) is 5.82 Å². The number of likely N-dealkylation sites (tertiary alicyclic amines) is 1. The Balaban J connectivity index is 1.22. The highest BCUT2D eigenvalue weighted by Gasteiger charge is 2.27. The van der Waals surface area contributed by atoms with Gasteiger partial charge in [-0.2, -0.15) is 0 Å². The average Bonchev–Trinajstić information content (AvgIpc) is 2.89. The van der Waals surface area contributed by atoms with Gasteiger partial charge in [0.1, 0.15) is 23.4 Å². The van der Waals surface area contributed by atoms with Gasteiger partial charge < -0.3 is 15.0 Å². The minimum Gasteiger partial charge on any atom is -0.490 e. The van der Waals surface area contributed by atoms with E-state index in [-0.39, 0.29) is 17.8 Å². The SMILES string of the molecule is C[C@@H]1CN(Cc2ccc(-c3cccnc3C(=O)N3CCC(Oc4cccc(F)c4)CC3)cc2)C[C@H](C)N1. The lowest BCUT2D eigenvalue weighted by atomic mass is 10.0. The van der Waals surface area contributed by atoms with Gasteiger partial charge in [-0.3, -0.25) is 14.7 Å². The van der Waals surface area contributed by atoms with Crippen molar-refractivity contribution in [2.75, 3.05) is 26.2 Å². The Morgan fingerprint density at radius 1 is 1.03 bits per heavy atom. The lowest BCUT2D eigenvalue weighted by molar-refractivity contribution is 0.0590. The number of pyridine rings is 1. The molecule has 1 aromatic heterocycles. The van der Waals surface area contributed by atoms with Crippen molar-refractivity contribution >= 4 is 5.91 Å². The molecule has 3 heterocycles. The van der Waals surface area contributed by atoms with Gasteiger partial charge in [0, 0.05) is 75.5 Å². The minimum absolute atomic E-state index is 0.0387. The van der Waals surface area contributed by atoms with Gasteiger partial charge in [0.2, 0.25) is 0 Å². The first-order valence-corrected chi connectivity index (χ1v) is 13.2. The summed E-state index contributed by atoms with van der Waals surface area (Å²) in [5.41, 5.74) is 3.58. The van der Waals surface area contributed by atoms with Crippen molar-refractivity contribution in [1.29, 1.82) is 0 Å². The molecule has 6 nitrogen and oxygen atoms in total. The second-order valence-electron chi connectivity index (χ2n) is 10.3. The molecule has 2 atom stereocenters. The van der Waals surface area contributed by atoms with Crippen LogP contribution in [-0.2, 0) is 6.54 Å². The number of nitrogens with one attached hydrogen (secondary N) is 1. The molecule has 0 bridgehead atoms. The number of ether oxygens (including phenoxy) is 1. The van der Waals surface area contributed by atoms with Gasteiger partial charge in [0.15, 0.2) is 0 Å². The number of hydrogen-bond donors (Lipinski definition) is 1. The lowest BCUT2D eigenvalue weighted by Crippen LogP contribution is -2.53. The molecule has 0 spiro atoms. The van der Waals surface area contributed by atoms with Crippen molar-refractivity contribution in [2.45, 2.75) is 51.4 Å². The third-order valence-electron chi connectivity index (χ3n) is 7.14. The molecule has 2 saturated heterocycles. The first kappa shape index (κ1) is 25.4. The molecule has 2 fully saturated rings. The van der Waals surface area contributed by atoms with Gasteiger partial charge in [-0.05, 0) is 43.2 Å². The van der Waals surface area contributed by atoms with Crippen LogP contribution in [0.2, 0.25) is 0 Å². The Bertz CT molecular complexity index is 1200. The molecule has 0 radical (unpaired) electrons. The van der Waals surface area contributed by atoms with Crippen LogP contribution in [0.25, 0.3) is 11.1 Å². The van der Waals surface area contributed by atoms with Crippen LogP contribution in [0.4, 0.5) is 4.39 Å². The standard InChI is InChI=1S/C30H35FN4O2/c1-21-18-34(19-22(2)33-21)20-23-8-10-24(11-9-23)28-7-4-14-32-29(28)30(36)35-15-12-26(13-16-35)37-27-6-3-5-25(31)17-27/h3-11,14,17,21-22,26,33H,12-13,15-16,18-20H2,1-2H3/t21-,22+. The number of amides is 1. The van der Waals surface area contributed by atoms with E-state index < -0.39 is 0 Å². The maximum absolute atomic E-state index is 13.5. The van der Waals surface area contributed by atoms with E-state index in [2.05, 4.69) is 53.3 Å². The van der Waals surface area contributed by atoms with E-state index in [0.29, 0.717) is 49.5 Å². The summed E-state index contributed by atoms with van der Waals surface area (Å²) in [7, 11) is 0. The fraction of sp³-hybridized carbons (Fsp3) is 0.400. The predicted octanol–water partition coefficient (Wildman–Crippen LogP) is 4.75. The number of rotatable bonds is 6. The number of halogens is 1. The molecular formula is C30H35FN4O2. The van der Waals surface area contributed by atoms with Crippen molar-refractivity contribution in [1.82, 2.24) is 20.1 Å². The zero-order valence-electron chi connectivity index (χ0n) is 21.6. The van der Waals surface area contributed by atoms with Crippen LogP contribution >= 0.6 is 0 Å². The van der Waals surface area contributed by atoms with E-state index in [1.807, 2.05) is 17.0 Å². The molecule has 1 N–H and O–H groups in total. The number of carbonyl (C=O) groups excluding carboxylic acids is 1. The normalized spacial score (nSPS) is 21.1. The molecule has 0 aliphatic carbocycles. The number of piperazine rings is 1. The molecule has 2 aliphatic heterocycles. The van der Waals surface area contributed by atoms with E-state index in [9.17, 15) is 9.18 Å². The van der Waals surface area contributed by atoms with Gasteiger partial charge in [0.05, 0.1) is 0 Å². The van der Waals surface area contributed by atoms with E-state index in [4.69, 9.17) is 4.74 Å². The zero-order chi connectivity index (χ0) is 25.8. The Kier molecular flexibility index (Phi) is 7.82. The summed E-state index contributed by atoms with van der Waals surface area (Å²) in [6.45, 7) is 8.61. The second kappa shape index (κ2) is 11.4. The number of nitrogens with zero attached hydrogens (tertiary/aromatic N) is 3. The molecule has 194 valence electrons. The van der Waals surface area contributed by atoms with Crippen LogP contribution in [0.3, 0.4) is 0 Å². The summed E-state index contributed by atoms with van der Waals surface area (Å²) < 4.78 is 19.4. The largest absolute Gasteiger partial charge is 0.490 e. The third-order valence-corrected chi connectivity index (χ3v) is 7.14. The molecule has 2 aromatic carbocycles. The van der Waals surface area contributed by atoms with Crippen LogP contribution in [0.5, 0.6) is 5.75 Å². The van der Waals surface area contributed by atoms with Crippen LogP contribution in [0.1, 0.15) is 42.7 Å². The van der Waals surface area contributed by atoms with Crippen molar-refractivity contribution in [3.63, 3.8) is 0 Å².